The van der Waals surface area contributed by atoms with Gasteiger partial charge >= 0.3 is 20.7 Å². The molecule has 1 heterocycles. The molecule has 0 aromatic carbocycles. The summed E-state index contributed by atoms with van der Waals surface area (Å²) in [5, 5.41) is 4.44. The van der Waals surface area contributed by atoms with E-state index in [1.807, 2.05) is 0 Å². The first-order valence-electron chi connectivity index (χ1n) is 3.85. The van der Waals surface area contributed by atoms with Crippen molar-refractivity contribution >= 4 is 26.6 Å². The summed E-state index contributed by atoms with van der Waals surface area (Å²) in [4.78, 5) is 47.5. The Morgan fingerprint density at radius 2 is 2.06 bits per heavy atom. The van der Waals surface area contributed by atoms with Crippen LogP contribution in [0.5, 0.6) is 0 Å². The molecule has 0 aliphatic rings. The van der Waals surface area contributed by atoms with Gasteiger partial charge in [-0.1, -0.05) is 0 Å². The number of aryl methyl sites for hydroxylation is 1. The smallest absolute Gasteiger partial charge is 0.317 e. The fourth-order valence-electron chi connectivity index (χ4n) is 0.860. The topological polar surface area (TPSA) is 159 Å². The summed E-state index contributed by atoms with van der Waals surface area (Å²) in [6.45, 7) is 1.53. The predicted molar refractivity (Wildman–Crippen MR) is 56.0 cm³/mol. The highest BCUT2D eigenvalue weighted by atomic mass is 31.3. The van der Waals surface area contributed by atoms with Gasteiger partial charge in [0.05, 0.1) is 6.20 Å². The number of aromatic nitrogens is 2. The quantitative estimate of drug-likeness (QED) is 0.322. The van der Waals surface area contributed by atoms with Crippen LogP contribution in [0.3, 0.4) is 0 Å². The van der Waals surface area contributed by atoms with Crippen LogP contribution in [-0.2, 0) is 4.57 Å². The number of nitrogens with zero attached hydrogens (tertiary/aromatic N) is 2. The maximum Gasteiger partial charge on any atom is 0.469 e. The summed E-state index contributed by atoms with van der Waals surface area (Å²) in [5.41, 5.74) is 0.430. The van der Waals surface area contributed by atoms with Gasteiger partial charge in [0, 0.05) is 5.56 Å². The molecule has 16 heavy (non-hydrogen) atoms. The standard InChI is InChI=1S/C5H9N3O6P2/c1-3-2-6-8-4(3)7-5(15(9,10)11)16(12,13)14/h2,9-11H,1H3,(H2-,6,8,12,13,14)/p+1. The van der Waals surface area contributed by atoms with Crippen LogP contribution in [0, 0.1) is 6.92 Å². The van der Waals surface area contributed by atoms with Gasteiger partial charge in [-0.3, -0.25) is 5.10 Å². The molecule has 0 saturated heterocycles. The second-order valence-electron chi connectivity index (χ2n) is 2.93. The number of hydrogen-bond acceptors (Lipinski definition) is 6. The molecule has 0 bridgehead atoms. The zero-order valence-corrected chi connectivity index (χ0v) is 9.80. The van der Waals surface area contributed by atoms with Gasteiger partial charge in [0.25, 0.3) is 0 Å². The lowest BCUT2D eigenvalue weighted by Gasteiger charge is -2.07. The summed E-state index contributed by atoms with van der Waals surface area (Å²) in [5.74, 6) is -0.0696. The van der Waals surface area contributed by atoms with Crippen LogP contribution in [0.25, 0.3) is 0 Å². The third kappa shape index (κ3) is 3.16. The van der Waals surface area contributed by atoms with E-state index in [2.05, 4.69) is 15.2 Å². The van der Waals surface area contributed by atoms with Crippen molar-refractivity contribution in [2.45, 2.75) is 6.92 Å². The largest absolute Gasteiger partial charge is 0.469 e. The average Bonchev–Trinajstić information content (AvgIpc) is 2.42. The first kappa shape index (κ1) is 13.4. The third-order valence-corrected chi connectivity index (χ3v) is 4.39. The van der Waals surface area contributed by atoms with Crippen molar-refractivity contribution in [2.24, 2.45) is 4.99 Å². The molecule has 0 atom stereocenters. The van der Waals surface area contributed by atoms with E-state index >= 15 is 0 Å². The fraction of sp³-hybridized carbons (Fsp3) is 0.200. The first-order chi connectivity index (χ1) is 7.12. The van der Waals surface area contributed by atoms with Crippen LogP contribution in [0.15, 0.2) is 11.2 Å². The van der Waals surface area contributed by atoms with Crippen molar-refractivity contribution in [2.75, 3.05) is 0 Å². The Bertz CT molecular complexity index is 457. The lowest BCUT2D eigenvalue weighted by Crippen LogP contribution is -2.06. The number of aliphatic imine (C=N–C) groups is 1. The van der Waals surface area contributed by atoms with Crippen LogP contribution < -0.4 is 0 Å². The maximum absolute atomic E-state index is 10.9. The zero-order valence-electron chi connectivity index (χ0n) is 8.01. The van der Waals surface area contributed by atoms with Crippen LogP contribution in [0.4, 0.5) is 5.82 Å². The Hall–Kier alpha value is -0.660. The molecule has 1 rings (SSSR count). The summed E-state index contributed by atoms with van der Waals surface area (Å²) in [7, 11) is -9.93. The Balaban J connectivity index is 3.29. The van der Waals surface area contributed by atoms with Crippen LogP contribution in [0.2, 0.25) is 0 Å². The lowest BCUT2D eigenvalue weighted by molar-refractivity contribution is 0.349. The van der Waals surface area contributed by atoms with E-state index in [0.29, 0.717) is 5.56 Å². The van der Waals surface area contributed by atoms with Crippen molar-refractivity contribution in [1.82, 2.24) is 10.2 Å². The minimum absolute atomic E-state index is 0.0696. The highest BCUT2D eigenvalue weighted by molar-refractivity contribution is 8.00. The second-order valence-corrected chi connectivity index (χ2v) is 6.35. The van der Waals surface area contributed by atoms with Gasteiger partial charge in [0.15, 0.2) is 5.82 Å². The Morgan fingerprint density at radius 3 is 2.38 bits per heavy atom. The SMILES string of the molecule is Cc1cn[nH]c1N=C(P(=O)(O)O)[P+](O)(O)O. The Morgan fingerprint density at radius 1 is 1.50 bits per heavy atom. The number of aromatic amines is 1. The number of rotatable bonds is 3. The van der Waals surface area contributed by atoms with E-state index in [1.54, 1.807) is 0 Å². The average molecular weight is 270 g/mol. The van der Waals surface area contributed by atoms with E-state index in [-0.39, 0.29) is 5.82 Å². The maximum atomic E-state index is 10.9. The molecule has 11 heteroatoms. The highest BCUT2D eigenvalue weighted by Gasteiger charge is 2.52. The van der Waals surface area contributed by atoms with Crippen molar-refractivity contribution in [3.63, 3.8) is 0 Å². The van der Waals surface area contributed by atoms with E-state index in [4.69, 9.17) is 24.5 Å². The molecule has 0 radical (unpaired) electrons. The molecular weight excluding hydrogens is 260 g/mol. The normalized spacial score (nSPS) is 14.2. The molecule has 1 aromatic rings. The van der Waals surface area contributed by atoms with Gasteiger partial charge in [-0.05, 0) is 6.92 Å². The van der Waals surface area contributed by atoms with Gasteiger partial charge in [-0.25, -0.2) is 4.57 Å². The van der Waals surface area contributed by atoms with E-state index in [1.165, 1.54) is 13.1 Å². The molecule has 0 spiro atoms. The van der Waals surface area contributed by atoms with Crippen molar-refractivity contribution in [3.8, 4) is 0 Å². The molecule has 0 fully saturated rings. The minimum atomic E-state index is -5.06. The van der Waals surface area contributed by atoms with Crippen LogP contribution in [0.1, 0.15) is 5.56 Å². The van der Waals surface area contributed by atoms with Gasteiger partial charge in [-0.15, -0.1) is 0 Å². The van der Waals surface area contributed by atoms with Gasteiger partial charge in [-0.2, -0.15) is 24.8 Å². The zero-order chi connectivity index (χ0) is 12.6. The van der Waals surface area contributed by atoms with Crippen molar-refractivity contribution in [3.05, 3.63) is 11.8 Å². The minimum Gasteiger partial charge on any atom is -0.317 e. The molecule has 90 valence electrons. The van der Waals surface area contributed by atoms with E-state index in [9.17, 15) is 4.57 Å². The number of nitrogens with one attached hydrogen (secondary N) is 1. The molecule has 0 aliphatic heterocycles. The molecule has 0 unspecified atom stereocenters. The highest BCUT2D eigenvalue weighted by Crippen LogP contribution is 2.60. The van der Waals surface area contributed by atoms with Gasteiger partial charge in [0.2, 0.25) is 0 Å². The molecule has 9 nitrogen and oxygen atoms in total. The summed E-state index contributed by atoms with van der Waals surface area (Å²) in [6, 6.07) is 0. The van der Waals surface area contributed by atoms with Crippen LogP contribution >= 0.6 is 15.5 Å². The van der Waals surface area contributed by atoms with Crippen LogP contribution in [-0.4, -0.2) is 39.9 Å². The molecule has 6 N–H and O–H groups in total. The molecule has 0 saturated carbocycles. The van der Waals surface area contributed by atoms with Gasteiger partial charge in [0.1, 0.15) is 0 Å². The van der Waals surface area contributed by atoms with E-state index in [0.717, 1.165) is 0 Å². The number of H-pyrrole nitrogens is 1. The second kappa shape index (κ2) is 4.31. The fourth-order valence-corrected chi connectivity index (χ4v) is 2.72. The Kier molecular flexibility index (Phi) is 3.61. The lowest BCUT2D eigenvalue weighted by atomic mass is 10.4. The van der Waals surface area contributed by atoms with E-state index < -0.39 is 20.7 Å². The monoisotopic (exact) mass is 270 g/mol. The Labute approximate surface area is 90.2 Å². The van der Waals surface area contributed by atoms with Crippen molar-refractivity contribution in [1.29, 1.82) is 0 Å². The van der Waals surface area contributed by atoms with Gasteiger partial charge < -0.3 is 9.79 Å². The predicted octanol–water partition coefficient (Wildman–Crippen LogP) is -0.377. The number of hydrogen-bond donors (Lipinski definition) is 6. The first-order valence-corrected chi connectivity index (χ1v) is 7.11. The molecule has 0 aliphatic carbocycles. The molecular formula is C5H10N3O6P2+. The third-order valence-electron chi connectivity index (χ3n) is 1.54. The van der Waals surface area contributed by atoms with Crippen molar-refractivity contribution < 1.29 is 29.0 Å². The molecule has 1 aromatic heterocycles. The summed E-state index contributed by atoms with van der Waals surface area (Å²) < 4.78 is 10.9. The summed E-state index contributed by atoms with van der Waals surface area (Å²) in [6.07, 6.45) is 1.32. The summed E-state index contributed by atoms with van der Waals surface area (Å²) >= 11 is 0. The molecule has 0 amide bonds.